The van der Waals surface area contributed by atoms with Crippen molar-refractivity contribution < 1.29 is 4.42 Å². The number of hydrogen-bond donors (Lipinski definition) is 0. The minimum absolute atomic E-state index is 0.872. The fourth-order valence-corrected chi connectivity index (χ4v) is 7.69. The maximum atomic E-state index is 6.66. The van der Waals surface area contributed by atoms with Gasteiger partial charge in [0.1, 0.15) is 11.2 Å². The van der Waals surface area contributed by atoms with Crippen molar-refractivity contribution in [2.24, 2.45) is 0 Å². The molecule has 1 heterocycles. The highest BCUT2D eigenvalue weighted by molar-refractivity contribution is 6.20. The molecule has 0 radical (unpaired) electrons. The summed E-state index contributed by atoms with van der Waals surface area (Å²) in [7, 11) is 0. The summed E-state index contributed by atoms with van der Waals surface area (Å²) in [6.07, 6.45) is 0. The highest BCUT2D eigenvalue weighted by Crippen LogP contribution is 2.45. The molecule has 0 aliphatic rings. The highest BCUT2D eigenvalue weighted by atomic mass is 16.3. The van der Waals surface area contributed by atoms with Crippen molar-refractivity contribution >= 4 is 71.3 Å². The van der Waals surface area contributed by atoms with Gasteiger partial charge in [0.25, 0.3) is 0 Å². The van der Waals surface area contributed by atoms with Crippen LogP contribution in [0.25, 0.3) is 76.5 Å². The Balaban J connectivity index is 1.21. The Hall–Kier alpha value is -6.64. The molecule has 10 aromatic rings. The van der Waals surface area contributed by atoms with E-state index in [2.05, 4.69) is 193 Å². The molecule has 0 amide bonds. The van der Waals surface area contributed by atoms with Crippen molar-refractivity contribution in [1.29, 1.82) is 0 Å². The maximum Gasteiger partial charge on any atom is 0.143 e. The summed E-state index contributed by atoms with van der Waals surface area (Å²) in [5, 5.41) is 9.52. The van der Waals surface area contributed by atoms with Crippen LogP contribution in [0.15, 0.2) is 192 Å². The summed E-state index contributed by atoms with van der Waals surface area (Å²) in [6, 6.07) is 67.5. The molecule has 1 aromatic heterocycles. The van der Waals surface area contributed by atoms with Crippen molar-refractivity contribution in [3.63, 3.8) is 0 Å². The molecule has 0 saturated carbocycles. The van der Waals surface area contributed by atoms with E-state index in [1.807, 2.05) is 0 Å². The highest BCUT2D eigenvalue weighted by Gasteiger charge is 2.21. The number of anilines is 3. The van der Waals surface area contributed by atoms with Crippen molar-refractivity contribution in [2.75, 3.05) is 4.90 Å². The zero-order chi connectivity index (χ0) is 33.0. The third-order valence-electron chi connectivity index (χ3n) is 10.0. The molecule has 0 unspecified atom stereocenters. The topological polar surface area (TPSA) is 16.4 Å². The number of fused-ring (bicyclic) bond motifs is 8. The van der Waals surface area contributed by atoms with E-state index in [9.17, 15) is 0 Å². The third-order valence-corrected chi connectivity index (χ3v) is 10.0. The molecule has 0 saturated heterocycles. The summed E-state index contributed by atoms with van der Waals surface area (Å²) in [5.41, 5.74) is 9.80. The summed E-state index contributed by atoms with van der Waals surface area (Å²) in [5.74, 6) is 0. The molecular weight excluding hydrogens is 607 g/mol. The molecule has 234 valence electrons. The molecule has 50 heavy (non-hydrogen) atoms. The van der Waals surface area contributed by atoms with Crippen molar-refractivity contribution in [3.05, 3.63) is 188 Å². The molecule has 0 bridgehead atoms. The van der Waals surface area contributed by atoms with Gasteiger partial charge >= 0.3 is 0 Å². The van der Waals surface area contributed by atoms with Gasteiger partial charge < -0.3 is 9.32 Å². The average Bonchev–Trinajstić information content (AvgIpc) is 3.59. The van der Waals surface area contributed by atoms with E-state index < -0.39 is 0 Å². The summed E-state index contributed by atoms with van der Waals surface area (Å²) >= 11 is 0. The first-order valence-corrected chi connectivity index (χ1v) is 17.1. The maximum absolute atomic E-state index is 6.66. The molecule has 0 N–H and O–H groups in total. The fraction of sp³-hybridized carbons (Fsp3) is 0. The Kier molecular flexibility index (Phi) is 6.53. The van der Waals surface area contributed by atoms with Gasteiger partial charge in [0, 0.05) is 22.1 Å². The molecule has 0 fully saturated rings. The first-order valence-electron chi connectivity index (χ1n) is 17.1. The lowest BCUT2D eigenvalue weighted by atomic mass is 9.93. The number of hydrogen-bond acceptors (Lipinski definition) is 2. The van der Waals surface area contributed by atoms with Gasteiger partial charge in [-0.3, -0.25) is 0 Å². The van der Waals surface area contributed by atoms with Crippen LogP contribution in [0.2, 0.25) is 0 Å². The molecule has 9 aromatic carbocycles. The van der Waals surface area contributed by atoms with Gasteiger partial charge in [-0.2, -0.15) is 0 Å². The van der Waals surface area contributed by atoms with Gasteiger partial charge in [0.05, 0.1) is 11.1 Å². The minimum Gasteiger partial charge on any atom is -0.455 e. The second kappa shape index (κ2) is 11.5. The fourth-order valence-electron chi connectivity index (χ4n) is 7.69. The Labute approximate surface area is 290 Å². The Morgan fingerprint density at radius 1 is 0.360 bits per heavy atom. The number of furan rings is 1. The van der Waals surface area contributed by atoms with Crippen LogP contribution < -0.4 is 4.90 Å². The third kappa shape index (κ3) is 4.57. The van der Waals surface area contributed by atoms with Crippen LogP contribution in [0.3, 0.4) is 0 Å². The van der Waals surface area contributed by atoms with E-state index in [1.165, 1.54) is 49.2 Å². The zero-order valence-corrected chi connectivity index (χ0v) is 27.3. The van der Waals surface area contributed by atoms with Gasteiger partial charge in [-0.15, -0.1) is 0 Å². The number of benzene rings is 9. The molecular formula is C48H31NO. The molecule has 0 atom stereocenters. The SMILES string of the molecule is c1ccc(-c2ccc(N(c3cccc(-c4cc5ccccc5c5ccccc45)c3)c3cccc4oc5c6ccccc6ccc5c34)cc2)cc1. The molecule has 2 heteroatoms. The van der Waals surface area contributed by atoms with E-state index in [0.29, 0.717) is 0 Å². The second-order valence-corrected chi connectivity index (χ2v) is 12.9. The van der Waals surface area contributed by atoms with Crippen molar-refractivity contribution in [3.8, 4) is 22.3 Å². The quantitative estimate of drug-likeness (QED) is 0.175. The van der Waals surface area contributed by atoms with Crippen LogP contribution >= 0.6 is 0 Å². The number of rotatable bonds is 5. The van der Waals surface area contributed by atoms with Gasteiger partial charge in [-0.25, -0.2) is 0 Å². The van der Waals surface area contributed by atoms with Gasteiger partial charge in [-0.05, 0) is 97.7 Å². The lowest BCUT2D eigenvalue weighted by Gasteiger charge is -2.27. The van der Waals surface area contributed by atoms with Crippen molar-refractivity contribution in [2.45, 2.75) is 0 Å². The molecule has 0 aliphatic carbocycles. The van der Waals surface area contributed by atoms with Crippen LogP contribution in [0.5, 0.6) is 0 Å². The largest absolute Gasteiger partial charge is 0.455 e. The van der Waals surface area contributed by atoms with E-state index >= 15 is 0 Å². The second-order valence-electron chi connectivity index (χ2n) is 12.9. The molecule has 0 aliphatic heterocycles. The Morgan fingerprint density at radius 3 is 1.86 bits per heavy atom. The molecule has 0 spiro atoms. The summed E-state index contributed by atoms with van der Waals surface area (Å²) in [4.78, 5) is 2.38. The van der Waals surface area contributed by atoms with E-state index in [4.69, 9.17) is 4.42 Å². The normalized spacial score (nSPS) is 11.6. The van der Waals surface area contributed by atoms with E-state index in [0.717, 1.165) is 44.4 Å². The average molecular weight is 638 g/mol. The monoisotopic (exact) mass is 637 g/mol. The van der Waals surface area contributed by atoms with Gasteiger partial charge in [0.15, 0.2) is 0 Å². The van der Waals surface area contributed by atoms with Crippen LogP contribution in [0, 0.1) is 0 Å². The summed E-state index contributed by atoms with van der Waals surface area (Å²) < 4.78 is 6.66. The molecule has 2 nitrogen and oxygen atoms in total. The van der Waals surface area contributed by atoms with Gasteiger partial charge in [-0.1, -0.05) is 140 Å². The standard InChI is InChI=1S/C48H31NO/c1-2-12-32(13-3-1)33-24-27-37(28-25-33)49(45-22-11-23-46-47(45)43-29-26-34-14-4-7-19-40(34)48(43)50-46)38-17-10-16-35(30-38)44-31-36-15-5-6-18-39(36)41-20-8-9-21-42(41)44/h1-31H. The lowest BCUT2D eigenvalue weighted by molar-refractivity contribution is 0.672. The van der Waals surface area contributed by atoms with Crippen LogP contribution in [-0.4, -0.2) is 0 Å². The predicted octanol–water partition coefficient (Wildman–Crippen LogP) is 13.8. The summed E-state index contributed by atoms with van der Waals surface area (Å²) in [6.45, 7) is 0. The molecule has 10 rings (SSSR count). The van der Waals surface area contributed by atoms with Crippen molar-refractivity contribution in [1.82, 2.24) is 0 Å². The Morgan fingerprint density at radius 2 is 1.02 bits per heavy atom. The zero-order valence-electron chi connectivity index (χ0n) is 27.3. The van der Waals surface area contributed by atoms with Crippen LogP contribution in [0.4, 0.5) is 17.1 Å². The first-order chi connectivity index (χ1) is 24.8. The first kappa shape index (κ1) is 28.4. The smallest absolute Gasteiger partial charge is 0.143 e. The predicted molar refractivity (Wildman–Crippen MR) is 212 cm³/mol. The number of nitrogens with zero attached hydrogens (tertiary/aromatic N) is 1. The van der Waals surface area contributed by atoms with Gasteiger partial charge in [0.2, 0.25) is 0 Å². The van der Waals surface area contributed by atoms with E-state index in [1.54, 1.807) is 0 Å². The Bertz CT molecular complexity index is 2870. The lowest BCUT2D eigenvalue weighted by Crippen LogP contribution is -2.10. The van der Waals surface area contributed by atoms with Crippen LogP contribution in [0.1, 0.15) is 0 Å². The van der Waals surface area contributed by atoms with E-state index in [-0.39, 0.29) is 0 Å². The van der Waals surface area contributed by atoms with Crippen LogP contribution in [-0.2, 0) is 0 Å². The minimum atomic E-state index is 0.872.